The molecule has 1 amide bonds. The molecule has 2 rings (SSSR count). The van der Waals surface area contributed by atoms with Gasteiger partial charge in [-0.3, -0.25) is 4.79 Å². The van der Waals surface area contributed by atoms with Crippen molar-refractivity contribution in [2.75, 3.05) is 20.1 Å². The standard InChI is InChI=1S/C16H25N3O/c1-19-9-5-4-8-15(19)12-18-16(20)10-13-6-2-3-7-14(13)11-17/h2-3,6-7,15H,4-5,8-12,17H2,1H3,(H,18,20). The van der Waals surface area contributed by atoms with E-state index < -0.39 is 0 Å². The van der Waals surface area contributed by atoms with Gasteiger partial charge in [-0.1, -0.05) is 30.7 Å². The first kappa shape index (κ1) is 15.0. The van der Waals surface area contributed by atoms with Crippen molar-refractivity contribution < 1.29 is 4.79 Å². The summed E-state index contributed by atoms with van der Waals surface area (Å²) in [6, 6.07) is 8.36. The average molecular weight is 275 g/mol. The molecule has 1 aliphatic heterocycles. The zero-order valence-corrected chi connectivity index (χ0v) is 12.3. The van der Waals surface area contributed by atoms with Crippen molar-refractivity contribution in [3.8, 4) is 0 Å². The molecule has 4 heteroatoms. The Hall–Kier alpha value is -1.39. The number of rotatable bonds is 5. The molecule has 20 heavy (non-hydrogen) atoms. The van der Waals surface area contributed by atoms with Crippen molar-refractivity contribution >= 4 is 5.91 Å². The highest BCUT2D eigenvalue weighted by Gasteiger charge is 2.19. The average Bonchev–Trinajstić information content (AvgIpc) is 2.47. The summed E-state index contributed by atoms with van der Waals surface area (Å²) in [7, 11) is 2.14. The third-order valence-corrected chi connectivity index (χ3v) is 4.15. The normalized spacial score (nSPS) is 19.8. The van der Waals surface area contributed by atoms with Crippen LogP contribution in [-0.2, 0) is 17.8 Å². The molecule has 0 saturated carbocycles. The predicted molar refractivity (Wildman–Crippen MR) is 81.3 cm³/mol. The second-order valence-electron chi connectivity index (χ2n) is 5.58. The van der Waals surface area contributed by atoms with Crippen LogP contribution in [0, 0.1) is 0 Å². The van der Waals surface area contributed by atoms with Crippen LogP contribution in [0.15, 0.2) is 24.3 Å². The van der Waals surface area contributed by atoms with E-state index in [-0.39, 0.29) is 5.91 Å². The van der Waals surface area contributed by atoms with Gasteiger partial charge in [0.1, 0.15) is 0 Å². The van der Waals surface area contributed by atoms with Gasteiger partial charge in [-0.15, -0.1) is 0 Å². The maximum absolute atomic E-state index is 12.1. The lowest BCUT2D eigenvalue weighted by atomic mass is 10.0. The lowest BCUT2D eigenvalue weighted by Crippen LogP contribution is -2.44. The zero-order chi connectivity index (χ0) is 14.4. The molecule has 110 valence electrons. The van der Waals surface area contributed by atoms with Crippen molar-refractivity contribution in [2.24, 2.45) is 5.73 Å². The summed E-state index contributed by atoms with van der Waals surface area (Å²) < 4.78 is 0. The second-order valence-corrected chi connectivity index (χ2v) is 5.58. The molecule has 0 spiro atoms. The Morgan fingerprint density at radius 3 is 2.80 bits per heavy atom. The van der Waals surface area contributed by atoms with E-state index in [1.807, 2.05) is 24.3 Å². The van der Waals surface area contributed by atoms with E-state index in [1.165, 1.54) is 19.3 Å². The summed E-state index contributed by atoms with van der Waals surface area (Å²) in [6.07, 6.45) is 4.13. The van der Waals surface area contributed by atoms with E-state index in [0.717, 1.165) is 24.2 Å². The molecule has 0 radical (unpaired) electrons. The number of carbonyl (C=O) groups excluding carboxylic acids is 1. The minimum absolute atomic E-state index is 0.0878. The Labute approximate surface area is 121 Å². The van der Waals surface area contributed by atoms with E-state index in [2.05, 4.69) is 17.3 Å². The molecule has 0 aliphatic carbocycles. The number of nitrogens with one attached hydrogen (secondary N) is 1. The van der Waals surface area contributed by atoms with Crippen LogP contribution < -0.4 is 11.1 Å². The smallest absolute Gasteiger partial charge is 0.224 e. The van der Waals surface area contributed by atoms with E-state index in [9.17, 15) is 4.79 Å². The molecule has 4 nitrogen and oxygen atoms in total. The third kappa shape index (κ3) is 4.05. The van der Waals surface area contributed by atoms with E-state index in [1.54, 1.807) is 0 Å². The Kier molecular flexibility index (Phi) is 5.56. The van der Waals surface area contributed by atoms with Crippen LogP contribution in [-0.4, -0.2) is 37.0 Å². The Morgan fingerprint density at radius 1 is 1.35 bits per heavy atom. The quantitative estimate of drug-likeness (QED) is 0.851. The Morgan fingerprint density at radius 2 is 2.10 bits per heavy atom. The summed E-state index contributed by atoms with van der Waals surface area (Å²) in [5.74, 6) is 0.0878. The number of amides is 1. The largest absolute Gasteiger partial charge is 0.354 e. The SMILES string of the molecule is CN1CCCCC1CNC(=O)Cc1ccccc1CN. The van der Waals surface area contributed by atoms with Crippen molar-refractivity contribution in [3.05, 3.63) is 35.4 Å². The Bertz CT molecular complexity index is 447. The van der Waals surface area contributed by atoms with Crippen LogP contribution in [0.1, 0.15) is 30.4 Å². The number of nitrogens with two attached hydrogens (primary N) is 1. The number of likely N-dealkylation sites (N-methyl/N-ethyl adjacent to an activating group) is 1. The Balaban J connectivity index is 1.83. The van der Waals surface area contributed by atoms with Gasteiger partial charge in [-0.2, -0.15) is 0 Å². The number of piperidine rings is 1. The highest BCUT2D eigenvalue weighted by atomic mass is 16.1. The summed E-state index contributed by atoms with van der Waals surface area (Å²) in [6.45, 7) is 2.37. The van der Waals surface area contributed by atoms with Crippen LogP contribution in [0.2, 0.25) is 0 Å². The molecule has 0 aromatic heterocycles. The van der Waals surface area contributed by atoms with E-state index in [4.69, 9.17) is 5.73 Å². The van der Waals surface area contributed by atoms with Gasteiger partial charge in [-0.25, -0.2) is 0 Å². The molecule has 1 heterocycles. The number of likely N-dealkylation sites (tertiary alicyclic amines) is 1. The fraction of sp³-hybridized carbons (Fsp3) is 0.562. The highest BCUT2D eigenvalue weighted by molar-refractivity contribution is 5.78. The monoisotopic (exact) mass is 275 g/mol. The maximum Gasteiger partial charge on any atom is 0.224 e. The predicted octanol–water partition coefficient (Wildman–Crippen LogP) is 1.29. The molecule has 1 fully saturated rings. The summed E-state index contributed by atoms with van der Waals surface area (Å²) in [4.78, 5) is 14.4. The van der Waals surface area contributed by atoms with Gasteiger partial charge in [0.05, 0.1) is 6.42 Å². The number of carbonyl (C=O) groups is 1. The van der Waals surface area contributed by atoms with Gasteiger partial charge in [0.15, 0.2) is 0 Å². The molecule has 3 N–H and O–H groups in total. The van der Waals surface area contributed by atoms with Crippen LogP contribution in [0.3, 0.4) is 0 Å². The first-order valence-electron chi connectivity index (χ1n) is 7.44. The molecular formula is C16H25N3O. The van der Waals surface area contributed by atoms with E-state index >= 15 is 0 Å². The first-order chi connectivity index (χ1) is 9.70. The van der Waals surface area contributed by atoms with Gasteiger partial charge >= 0.3 is 0 Å². The zero-order valence-electron chi connectivity index (χ0n) is 12.3. The number of hydrogen-bond acceptors (Lipinski definition) is 3. The molecule has 1 aromatic carbocycles. The topological polar surface area (TPSA) is 58.4 Å². The van der Waals surface area contributed by atoms with Gasteiger partial charge < -0.3 is 16.0 Å². The third-order valence-electron chi connectivity index (χ3n) is 4.15. The summed E-state index contributed by atoms with van der Waals surface area (Å²) >= 11 is 0. The van der Waals surface area contributed by atoms with Crippen molar-refractivity contribution in [3.63, 3.8) is 0 Å². The lowest BCUT2D eigenvalue weighted by molar-refractivity contribution is -0.120. The van der Waals surface area contributed by atoms with Gasteiger partial charge in [0.2, 0.25) is 5.91 Å². The maximum atomic E-state index is 12.1. The minimum atomic E-state index is 0.0878. The fourth-order valence-electron chi connectivity index (χ4n) is 2.80. The summed E-state index contributed by atoms with van der Waals surface area (Å²) in [5, 5.41) is 3.06. The van der Waals surface area contributed by atoms with Crippen LogP contribution in [0.4, 0.5) is 0 Å². The second kappa shape index (κ2) is 7.41. The molecule has 1 aromatic rings. The van der Waals surface area contributed by atoms with Crippen molar-refractivity contribution in [1.82, 2.24) is 10.2 Å². The number of benzene rings is 1. The number of hydrogen-bond donors (Lipinski definition) is 2. The van der Waals surface area contributed by atoms with Crippen LogP contribution in [0.5, 0.6) is 0 Å². The molecule has 1 unspecified atom stereocenters. The highest BCUT2D eigenvalue weighted by Crippen LogP contribution is 2.14. The van der Waals surface area contributed by atoms with Crippen LogP contribution in [0.25, 0.3) is 0 Å². The summed E-state index contributed by atoms with van der Waals surface area (Å²) in [5.41, 5.74) is 7.78. The van der Waals surface area contributed by atoms with E-state index in [0.29, 0.717) is 19.0 Å². The minimum Gasteiger partial charge on any atom is -0.354 e. The molecular weight excluding hydrogens is 250 g/mol. The molecule has 1 atom stereocenters. The first-order valence-corrected chi connectivity index (χ1v) is 7.44. The van der Waals surface area contributed by atoms with Gasteiger partial charge in [0, 0.05) is 19.1 Å². The van der Waals surface area contributed by atoms with Crippen molar-refractivity contribution in [2.45, 2.75) is 38.3 Å². The molecule has 1 saturated heterocycles. The van der Waals surface area contributed by atoms with Gasteiger partial charge in [-0.05, 0) is 37.6 Å². The molecule has 0 bridgehead atoms. The molecule has 1 aliphatic rings. The fourth-order valence-corrected chi connectivity index (χ4v) is 2.80. The van der Waals surface area contributed by atoms with Crippen molar-refractivity contribution in [1.29, 1.82) is 0 Å². The van der Waals surface area contributed by atoms with Crippen LogP contribution >= 0.6 is 0 Å². The number of nitrogens with zero attached hydrogens (tertiary/aromatic N) is 1. The lowest BCUT2D eigenvalue weighted by Gasteiger charge is -2.32. The van der Waals surface area contributed by atoms with Gasteiger partial charge in [0.25, 0.3) is 0 Å².